The molecule has 0 aromatic carbocycles. The summed E-state index contributed by atoms with van der Waals surface area (Å²) in [6.07, 6.45) is 3.09. The average Bonchev–Trinajstić information content (AvgIpc) is 2.01. The molecule has 1 aliphatic heterocycles. The molecular formula is C8H17BrNO+. The van der Waals surface area contributed by atoms with E-state index < -0.39 is 0 Å². The van der Waals surface area contributed by atoms with Crippen LogP contribution in [0.25, 0.3) is 0 Å². The third-order valence-corrected chi connectivity index (χ3v) is 2.46. The van der Waals surface area contributed by atoms with E-state index in [4.69, 9.17) is 4.74 Å². The molecular weight excluding hydrogens is 206 g/mol. The lowest BCUT2D eigenvalue weighted by atomic mass is 10.1. The molecule has 0 bridgehead atoms. The zero-order valence-electron chi connectivity index (χ0n) is 7.11. The number of hydrogen-bond acceptors (Lipinski definition) is 1. The van der Waals surface area contributed by atoms with Gasteiger partial charge in [-0.05, 0) is 12.8 Å². The van der Waals surface area contributed by atoms with Crippen molar-refractivity contribution in [2.45, 2.75) is 18.9 Å². The molecule has 1 rings (SSSR count). The van der Waals surface area contributed by atoms with Gasteiger partial charge in [0.15, 0.2) is 0 Å². The maximum atomic E-state index is 5.63. The first kappa shape index (κ1) is 9.49. The number of alkyl halides is 1. The van der Waals surface area contributed by atoms with Crippen molar-refractivity contribution < 1.29 is 9.64 Å². The Kier molecular flexibility index (Phi) is 4.41. The molecule has 0 radical (unpaired) electrons. The molecule has 0 aliphatic carbocycles. The van der Waals surface area contributed by atoms with Gasteiger partial charge in [-0.1, -0.05) is 15.9 Å². The van der Waals surface area contributed by atoms with Crippen LogP contribution in [-0.2, 0) is 4.74 Å². The Morgan fingerprint density at radius 3 is 3.09 bits per heavy atom. The van der Waals surface area contributed by atoms with E-state index in [1.165, 1.54) is 25.9 Å². The van der Waals surface area contributed by atoms with Gasteiger partial charge < -0.3 is 9.64 Å². The van der Waals surface area contributed by atoms with E-state index >= 15 is 0 Å². The first-order chi connectivity index (χ1) is 5.33. The zero-order chi connectivity index (χ0) is 8.10. The maximum absolute atomic E-state index is 5.63. The molecule has 1 fully saturated rings. The molecule has 3 heteroatoms. The van der Waals surface area contributed by atoms with Gasteiger partial charge in [-0.3, -0.25) is 0 Å². The second-order valence-corrected chi connectivity index (χ2v) is 4.03. The van der Waals surface area contributed by atoms with Crippen LogP contribution in [0.5, 0.6) is 0 Å². The molecule has 66 valence electrons. The van der Waals surface area contributed by atoms with Gasteiger partial charge in [0.05, 0.1) is 20.2 Å². The standard InChI is InChI=1S/C8H16BrNO/c1-10-5-2-3-8(7-10)11-6-4-9/h8H,2-7H2,1H3/p+1/t8-/m0/s1. The van der Waals surface area contributed by atoms with Gasteiger partial charge >= 0.3 is 0 Å². The normalized spacial score (nSPS) is 32.2. The van der Waals surface area contributed by atoms with Crippen LogP contribution in [0.2, 0.25) is 0 Å². The van der Waals surface area contributed by atoms with Crippen molar-refractivity contribution >= 4 is 15.9 Å². The first-order valence-corrected chi connectivity index (χ1v) is 5.44. The summed E-state index contributed by atoms with van der Waals surface area (Å²) in [5, 5.41) is 0.961. The summed E-state index contributed by atoms with van der Waals surface area (Å²) < 4.78 is 5.63. The van der Waals surface area contributed by atoms with E-state index in [0.29, 0.717) is 6.10 Å². The van der Waals surface area contributed by atoms with Crippen molar-refractivity contribution in [1.82, 2.24) is 0 Å². The number of likely N-dealkylation sites (tertiary alicyclic amines) is 1. The number of hydrogen-bond donors (Lipinski definition) is 1. The second kappa shape index (κ2) is 5.12. The van der Waals surface area contributed by atoms with Crippen LogP contribution in [0.15, 0.2) is 0 Å². The molecule has 1 saturated heterocycles. The quantitative estimate of drug-likeness (QED) is 0.669. The van der Waals surface area contributed by atoms with Crippen molar-refractivity contribution in [3.8, 4) is 0 Å². The summed E-state index contributed by atoms with van der Waals surface area (Å²) in [6.45, 7) is 3.36. The first-order valence-electron chi connectivity index (χ1n) is 4.32. The molecule has 1 unspecified atom stereocenters. The van der Waals surface area contributed by atoms with E-state index in [0.717, 1.165) is 11.9 Å². The molecule has 1 heterocycles. The molecule has 11 heavy (non-hydrogen) atoms. The van der Waals surface area contributed by atoms with Crippen LogP contribution in [0.4, 0.5) is 0 Å². The highest BCUT2D eigenvalue weighted by Crippen LogP contribution is 2.02. The summed E-state index contributed by atoms with van der Waals surface area (Å²) in [7, 11) is 2.24. The lowest BCUT2D eigenvalue weighted by Gasteiger charge is -2.26. The van der Waals surface area contributed by atoms with Crippen molar-refractivity contribution in [3.63, 3.8) is 0 Å². The maximum Gasteiger partial charge on any atom is 0.107 e. The van der Waals surface area contributed by atoms with Gasteiger partial charge in [-0.25, -0.2) is 0 Å². The van der Waals surface area contributed by atoms with Crippen LogP contribution in [0.1, 0.15) is 12.8 Å². The highest BCUT2D eigenvalue weighted by molar-refractivity contribution is 9.09. The number of piperidine rings is 1. The van der Waals surface area contributed by atoms with Gasteiger partial charge in [0.2, 0.25) is 0 Å². The summed E-state index contributed by atoms with van der Waals surface area (Å²) in [4.78, 5) is 1.61. The van der Waals surface area contributed by atoms with Gasteiger partial charge in [0.1, 0.15) is 12.6 Å². The Morgan fingerprint density at radius 1 is 1.64 bits per heavy atom. The minimum atomic E-state index is 0.515. The van der Waals surface area contributed by atoms with E-state index in [2.05, 4.69) is 23.0 Å². The van der Waals surface area contributed by atoms with Crippen LogP contribution in [0.3, 0.4) is 0 Å². The summed E-state index contributed by atoms with van der Waals surface area (Å²) >= 11 is 3.36. The highest BCUT2D eigenvalue weighted by Gasteiger charge is 2.19. The summed E-state index contributed by atoms with van der Waals surface area (Å²) in [6, 6.07) is 0. The number of halogens is 1. The fourth-order valence-corrected chi connectivity index (χ4v) is 1.76. The molecule has 0 aromatic rings. The number of quaternary nitrogens is 1. The average molecular weight is 223 g/mol. The molecule has 2 atom stereocenters. The Balaban J connectivity index is 2.12. The molecule has 0 amide bonds. The molecule has 0 saturated carbocycles. The molecule has 1 N–H and O–H groups in total. The number of likely N-dealkylation sites (N-methyl/N-ethyl adjacent to an activating group) is 1. The zero-order valence-corrected chi connectivity index (χ0v) is 8.69. The van der Waals surface area contributed by atoms with Gasteiger partial charge in [0, 0.05) is 5.33 Å². The summed E-state index contributed by atoms with van der Waals surface area (Å²) in [5.41, 5.74) is 0. The van der Waals surface area contributed by atoms with Gasteiger partial charge in [-0.15, -0.1) is 0 Å². The van der Waals surface area contributed by atoms with Gasteiger partial charge in [-0.2, -0.15) is 0 Å². The van der Waals surface area contributed by atoms with E-state index in [-0.39, 0.29) is 0 Å². The van der Waals surface area contributed by atoms with Crippen LogP contribution >= 0.6 is 15.9 Å². The Morgan fingerprint density at radius 2 is 2.45 bits per heavy atom. The smallest absolute Gasteiger partial charge is 0.107 e. The monoisotopic (exact) mass is 222 g/mol. The van der Waals surface area contributed by atoms with Crippen LogP contribution in [0, 0.1) is 0 Å². The third kappa shape index (κ3) is 3.54. The SMILES string of the molecule is C[NH+]1CCC[C@H](OCCBr)C1. The fourth-order valence-electron chi connectivity index (χ4n) is 1.58. The van der Waals surface area contributed by atoms with Crippen molar-refractivity contribution in [3.05, 3.63) is 0 Å². The third-order valence-electron chi connectivity index (χ3n) is 2.14. The molecule has 0 spiro atoms. The van der Waals surface area contributed by atoms with E-state index in [9.17, 15) is 0 Å². The van der Waals surface area contributed by atoms with Crippen molar-refractivity contribution in [2.75, 3.05) is 32.1 Å². The lowest BCUT2D eigenvalue weighted by Crippen LogP contribution is -3.11. The van der Waals surface area contributed by atoms with E-state index in [1.807, 2.05) is 0 Å². The molecule has 2 nitrogen and oxygen atoms in total. The number of rotatable bonds is 3. The second-order valence-electron chi connectivity index (χ2n) is 3.24. The lowest BCUT2D eigenvalue weighted by molar-refractivity contribution is -0.888. The Labute approximate surface area is 77.0 Å². The van der Waals surface area contributed by atoms with Crippen molar-refractivity contribution in [1.29, 1.82) is 0 Å². The number of ether oxygens (including phenoxy) is 1. The topological polar surface area (TPSA) is 13.7 Å². The highest BCUT2D eigenvalue weighted by atomic mass is 79.9. The van der Waals surface area contributed by atoms with E-state index in [1.54, 1.807) is 4.90 Å². The Hall–Kier alpha value is 0.400. The predicted octanol–water partition coefficient (Wildman–Crippen LogP) is 0.0750. The summed E-state index contributed by atoms with van der Waals surface area (Å²) in [5.74, 6) is 0. The van der Waals surface area contributed by atoms with Crippen LogP contribution in [-0.4, -0.2) is 38.2 Å². The minimum absolute atomic E-state index is 0.515. The fraction of sp³-hybridized carbons (Fsp3) is 1.00. The number of nitrogens with one attached hydrogen (secondary N) is 1. The van der Waals surface area contributed by atoms with Crippen molar-refractivity contribution in [2.24, 2.45) is 0 Å². The molecule has 0 aromatic heterocycles. The van der Waals surface area contributed by atoms with Gasteiger partial charge in [0.25, 0.3) is 0 Å². The minimum Gasteiger partial charge on any atom is -0.371 e. The Bertz CT molecular complexity index is 110. The van der Waals surface area contributed by atoms with Crippen LogP contribution < -0.4 is 4.90 Å². The molecule has 1 aliphatic rings. The predicted molar refractivity (Wildman–Crippen MR) is 49.4 cm³/mol. The largest absolute Gasteiger partial charge is 0.371 e.